The van der Waals surface area contributed by atoms with Crippen LogP contribution in [0.4, 0.5) is 0 Å². The fourth-order valence-corrected chi connectivity index (χ4v) is 5.43. The first kappa shape index (κ1) is 24.4. The number of aromatic amines is 1. The van der Waals surface area contributed by atoms with E-state index in [1.165, 1.54) is 6.20 Å². The predicted molar refractivity (Wildman–Crippen MR) is 150 cm³/mol. The number of sulfonamides is 1. The van der Waals surface area contributed by atoms with E-state index < -0.39 is 10.0 Å². The van der Waals surface area contributed by atoms with Crippen LogP contribution in [0.5, 0.6) is 0 Å². The molecule has 5 rings (SSSR count). The van der Waals surface area contributed by atoms with E-state index in [9.17, 15) is 13.2 Å². The quantitative estimate of drug-likeness (QED) is 0.286. The van der Waals surface area contributed by atoms with Gasteiger partial charge in [0.2, 0.25) is 10.0 Å². The molecule has 0 atom stereocenters. The van der Waals surface area contributed by atoms with Crippen molar-refractivity contribution in [2.45, 2.75) is 12.3 Å². The molecule has 9 heteroatoms. The van der Waals surface area contributed by atoms with Gasteiger partial charge in [0, 0.05) is 58.8 Å². The Hall–Kier alpha value is -4.34. The van der Waals surface area contributed by atoms with Crippen molar-refractivity contribution in [1.29, 1.82) is 0 Å². The summed E-state index contributed by atoms with van der Waals surface area (Å²) in [5.74, 6) is -0.254. The Labute approximate surface area is 213 Å². The molecule has 0 unspecified atom stereocenters. The molecule has 2 aromatic heterocycles. The van der Waals surface area contributed by atoms with Gasteiger partial charge in [0.15, 0.2) is 5.43 Å². The van der Waals surface area contributed by atoms with Crippen LogP contribution in [0.3, 0.4) is 0 Å². The van der Waals surface area contributed by atoms with Gasteiger partial charge in [-0.25, -0.2) is 13.1 Å². The second-order valence-electron chi connectivity index (χ2n) is 8.71. The zero-order valence-corrected chi connectivity index (χ0v) is 20.9. The normalized spacial score (nSPS) is 12.7. The zero-order chi connectivity index (χ0) is 26.0. The average molecular weight is 512 g/mol. The highest BCUT2D eigenvalue weighted by Crippen LogP contribution is 2.20. The lowest BCUT2D eigenvalue weighted by molar-refractivity contribution is 0.580. The number of nitrogens with one attached hydrogen (secondary N) is 2. The predicted octanol–water partition coefficient (Wildman–Crippen LogP) is 3.85. The lowest BCUT2D eigenvalue weighted by Gasteiger charge is -2.06. The van der Waals surface area contributed by atoms with Crippen molar-refractivity contribution in [3.63, 3.8) is 0 Å². The van der Waals surface area contributed by atoms with E-state index in [0.717, 1.165) is 16.6 Å². The maximum absolute atomic E-state index is 13.5. The number of nitrogens with two attached hydrogens (primary N) is 1. The Bertz CT molecular complexity index is 1840. The summed E-state index contributed by atoms with van der Waals surface area (Å²) in [5.41, 5.74) is 9.55. The molecule has 0 aliphatic carbocycles. The van der Waals surface area contributed by atoms with Gasteiger partial charge in [0.1, 0.15) is 0 Å². The summed E-state index contributed by atoms with van der Waals surface area (Å²) in [6.07, 6.45) is 4.65. The number of benzene rings is 2. The van der Waals surface area contributed by atoms with Gasteiger partial charge in [0.05, 0.1) is 17.8 Å². The molecule has 0 spiro atoms. The molecular formula is C28H25N5O3S. The first-order valence-electron chi connectivity index (χ1n) is 11.6. The second kappa shape index (κ2) is 9.96. The Morgan fingerprint density at radius 1 is 1.05 bits per heavy atom. The number of fused-ring (bicyclic) bond motifs is 3. The Morgan fingerprint density at radius 3 is 2.65 bits per heavy atom. The Balaban J connectivity index is 1.46. The van der Waals surface area contributed by atoms with Gasteiger partial charge in [-0.15, -0.1) is 0 Å². The molecule has 0 fully saturated rings. The van der Waals surface area contributed by atoms with Gasteiger partial charge in [-0.2, -0.15) is 0 Å². The van der Waals surface area contributed by atoms with Gasteiger partial charge in [-0.3, -0.25) is 14.8 Å². The third kappa shape index (κ3) is 5.13. The molecule has 37 heavy (non-hydrogen) atoms. The highest BCUT2D eigenvalue weighted by atomic mass is 32.2. The van der Waals surface area contributed by atoms with Gasteiger partial charge in [0.25, 0.3) is 0 Å². The first-order chi connectivity index (χ1) is 17.9. The summed E-state index contributed by atoms with van der Waals surface area (Å²) in [6.45, 7) is 0.142. The molecule has 3 aromatic carbocycles. The number of para-hydroxylation sites is 1. The summed E-state index contributed by atoms with van der Waals surface area (Å²) >= 11 is 0. The first-order valence-corrected chi connectivity index (χ1v) is 13.3. The van der Waals surface area contributed by atoms with Crippen molar-refractivity contribution in [3.8, 4) is 0 Å². The van der Waals surface area contributed by atoms with Crippen LogP contribution in [-0.2, 0) is 22.3 Å². The average Bonchev–Trinajstić information content (AvgIpc) is 3.27. The Morgan fingerprint density at radius 2 is 1.86 bits per heavy atom. The van der Waals surface area contributed by atoms with Crippen LogP contribution in [0, 0.1) is 0 Å². The number of nitrogens with zero attached hydrogens (tertiary/aromatic N) is 2. The van der Waals surface area contributed by atoms with E-state index in [1.54, 1.807) is 49.8 Å². The number of allylic oxidation sites excluding steroid dienone is 1. The standard InChI is InChI=1S/C28H25N5O3S/c1-30-14-22(13-29)21-12-25-27(31-15-21)9-8-19-7-6-18(10-24(19)28(25)34)17-37(35,36)32-16-23-11-20-4-2-3-5-26(20)33-23/h2-15,32-33H,16-17,29H2,1H3. The van der Waals surface area contributed by atoms with E-state index in [-0.39, 0.29) is 17.7 Å². The highest BCUT2D eigenvalue weighted by molar-refractivity contribution is 7.88. The molecule has 8 nitrogen and oxygen atoms in total. The summed E-state index contributed by atoms with van der Waals surface area (Å²) in [6, 6.07) is 20.1. The summed E-state index contributed by atoms with van der Waals surface area (Å²) in [7, 11) is -2.03. The number of rotatable bonds is 7. The SMILES string of the molecule is CN=CC(=CN)c1cnc2ccc3ccc(CS(=O)(=O)NCc4cc5ccccc5[nH]4)cc3c(=O)c2c1. The summed E-state index contributed by atoms with van der Waals surface area (Å²) < 4.78 is 28.4. The zero-order valence-electron chi connectivity index (χ0n) is 20.1. The van der Waals surface area contributed by atoms with Crippen LogP contribution in [0.2, 0.25) is 0 Å². The van der Waals surface area contributed by atoms with Crippen LogP contribution in [0.1, 0.15) is 16.8 Å². The number of hydrogen-bond acceptors (Lipinski definition) is 6. The van der Waals surface area contributed by atoms with Gasteiger partial charge >= 0.3 is 0 Å². The minimum atomic E-state index is -3.66. The molecule has 0 aliphatic rings. The molecular weight excluding hydrogens is 486 g/mol. The van der Waals surface area contributed by atoms with Gasteiger partial charge in [-0.1, -0.05) is 36.4 Å². The lowest BCUT2D eigenvalue weighted by Crippen LogP contribution is -2.24. The molecule has 0 saturated heterocycles. The molecule has 0 bridgehead atoms. The minimum absolute atomic E-state index is 0.142. The molecule has 186 valence electrons. The number of hydrogen-bond donors (Lipinski definition) is 3. The van der Waals surface area contributed by atoms with E-state index in [0.29, 0.717) is 38.4 Å². The van der Waals surface area contributed by atoms with Crippen molar-refractivity contribution >= 4 is 54.4 Å². The fraction of sp³-hybridized carbons (Fsp3) is 0.107. The maximum Gasteiger partial charge on any atom is 0.216 e. The lowest BCUT2D eigenvalue weighted by atomic mass is 10.1. The number of aliphatic imine (C=N–C) groups is 1. The van der Waals surface area contributed by atoms with Crippen molar-refractivity contribution in [2.24, 2.45) is 10.7 Å². The molecule has 0 amide bonds. The van der Waals surface area contributed by atoms with Crippen molar-refractivity contribution in [1.82, 2.24) is 14.7 Å². The molecule has 0 aliphatic heterocycles. The second-order valence-corrected chi connectivity index (χ2v) is 10.5. The van der Waals surface area contributed by atoms with Crippen molar-refractivity contribution in [2.75, 3.05) is 7.05 Å². The number of H-pyrrole nitrogens is 1. The topological polar surface area (TPSA) is 130 Å². The Kier molecular flexibility index (Phi) is 6.56. The smallest absolute Gasteiger partial charge is 0.216 e. The van der Waals surface area contributed by atoms with Crippen LogP contribution in [-0.4, -0.2) is 31.6 Å². The van der Waals surface area contributed by atoms with Crippen LogP contribution in [0.25, 0.3) is 38.2 Å². The minimum Gasteiger partial charge on any atom is -0.404 e. The van der Waals surface area contributed by atoms with Crippen molar-refractivity contribution in [3.05, 3.63) is 106 Å². The summed E-state index contributed by atoms with van der Waals surface area (Å²) in [5, 5.41) is 2.54. The molecule has 2 heterocycles. The third-order valence-electron chi connectivity index (χ3n) is 6.15. The van der Waals surface area contributed by atoms with E-state index in [1.807, 2.05) is 36.4 Å². The highest BCUT2D eigenvalue weighted by Gasteiger charge is 2.14. The van der Waals surface area contributed by atoms with Crippen LogP contribution < -0.4 is 15.9 Å². The number of aromatic nitrogens is 2. The van der Waals surface area contributed by atoms with Crippen molar-refractivity contribution < 1.29 is 8.42 Å². The fourth-order valence-electron chi connectivity index (χ4n) is 4.34. The van der Waals surface area contributed by atoms with Crippen LogP contribution >= 0.6 is 0 Å². The molecule has 5 aromatic rings. The summed E-state index contributed by atoms with van der Waals surface area (Å²) in [4.78, 5) is 25.2. The van der Waals surface area contributed by atoms with Gasteiger partial charge in [-0.05, 0) is 46.7 Å². The molecule has 0 radical (unpaired) electrons. The maximum atomic E-state index is 13.5. The monoisotopic (exact) mass is 511 g/mol. The molecule has 0 saturated carbocycles. The largest absolute Gasteiger partial charge is 0.404 e. The molecule has 4 N–H and O–H groups in total. The number of pyridine rings is 1. The van der Waals surface area contributed by atoms with E-state index >= 15 is 0 Å². The van der Waals surface area contributed by atoms with E-state index in [2.05, 4.69) is 19.7 Å². The van der Waals surface area contributed by atoms with Gasteiger partial charge < -0.3 is 10.7 Å². The third-order valence-corrected chi connectivity index (χ3v) is 7.45. The van der Waals surface area contributed by atoms with E-state index in [4.69, 9.17) is 5.73 Å². The van der Waals surface area contributed by atoms with Crippen LogP contribution in [0.15, 0.2) is 88.9 Å².